The molecule has 4 aromatic rings. The molecule has 8 heteroatoms. The molecule has 1 amide bonds. The molecule has 0 aliphatic carbocycles. The van der Waals surface area contributed by atoms with Crippen molar-refractivity contribution in [1.82, 2.24) is 4.98 Å². The van der Waals surface area contributed by atoms with E-state index in [0.29, 0.717) is 22.6 Å². The van der Waals surface area contributed by atoms with Gasteiger partial charge in [-0.25, -0.2) is 8.42 Å². The number of rotatable bonds is 6. The first-order chi connectivity index (χ1) is 15.0. The number of pyridine rings is 1. The Morgan fingerprint density at radius 2 is 1.65 bits per heavy atom. The quantitative estimate of drug-likeness (QED) is 0.473. The molecule has 2 N–H and O–H groups in total. The number of anilines is 2. The van der Waals surface area contributed by atoms with Crippen LogP contribution in [0.1, 0.15) is 10.4 Å². The highest BCUT2D eigenvalue weighted by Gasteiger charge is 2.18. The molecule has 4 rings (SSSR count). The highest BCUT2D eigenvalue weighted by molar-refractivity contribution is 7.92. The number of methoxy groups -OCH3 is 1. The number of sulfonamides is 1. The number of nitrogens with one attached hydrogen (secondary N) is 2. The standard InChI is InChI=1S/C23H19N3O4S/c1-30-21-13-3-2-11-19(21)26-31(28,29)18-10-4-8-17(15-18)23(27)25-20-12-5-7-16-9-6-14-24-22(16)20/h2-15,26H,1H3,(H,25,27). The number of carbonyl (C=O) groups is 1. The Hall–Kier alpha value is -3.91. The molecule has 0 bridgehead atoms. The van der Waals surface area contributed by atoms with Crippen molar-refractivity contribution in [1.29, 1.82) is 0 Å². The van der Waals surface area contributed by atoms with Crippen LogP contribution < -0.4 is 14.8 Å². The first kappa shape index (κ1) is 20.4. The van der Waals surface area contributed by atoms with Crippen LogP contribution in [0, 0.1) is 0 Å². The second-order valence-corrected chi connectivity index (χ2v) is 8.35. The lowest BCUT2D eigenvalue weighted by Gasteiger charge is -2.12. The predicted octanol–water partition coefficient (Wildman–Crippen LogP) is 4.30. The van der Waals surface area contributed by atoms with E-state index in [0.717, 1.165) is 5.39 Å². The van der Waals surface area contributed by atoms with E-state index in [1.807, 2.05) is 24.3 Å². The average Bonchev–Trinajstić information content (AvgIpc) is 2.79. The maximum atomic E-state index is 12.9. The number of amides is 1. The zero-order chi connectivity index (χ0) is 21.8. The minimum absolute atomic E-state index is 0.0397. The molecule has 0 fully saturated rings. The van der Waals surface area contributed by atoms with Crippen LogP contribution in [0.25, 0.3) is 10.9 Å². The van der Waals surface area contributed by atoms with Crippen LogP contribution in [-0.4, -0.2) is 26.4 Å². The van der Waals surface area contributed by atoms with E-state index in [1.165, 1.54) is 25.3 Å². The SMILES string of the molecule is COc1ccccc1NS(=O)(=O)c1cccc(C(=O)Nc2cccc3cccnc23)c1. The lowest BCUT2D eigenvalue weighted by molar-refractivity contribution is 0.102. The number of nitrogens with zero attached hydrogens (tertiary/aromatic N) is 1. The third kappa shape index (κ3) is 4.34. The van der Waals surface area contributed by atoms with Crippen LogP contribution in [0.2, 0.25) is 0 Å². The topological polar surface area (TPSA) is 97.4 Å². The van der Waals surface area contributed by atoms with Gasteiger partial charge < -0.3 is 10.1 Å². The summed E-state index contributed by atoms with van der Waals surface area (Å²) in [6.07, 6.45) is 1.65. The Kier molecular flexibility index (Phi) is 5.55. The smallest absolute Gasteiger partial charge is 0.262 e. The van der Waals surface area contributed by atoms with Gasteiger partial charge in [0.05, 0.1) is 28.9 Å². The fourth-order valence-corrected chi connectivity index (χ4v) is 4.25. The Labute approximate surface area is 179 Å². The molecule has 7 nitrogen and oxygen atoms in total. The Bertz CT molecular complexity index is 1360. The van der Waals surface area contributed by atoms with Crippen LogP contribution in [0.3, 0.4) is 0 Å². The van der Waals surface area contributed by atoms with Crippen LogP contribution in [0.15, 0.2) is 90.0 Å². The minimum Gasteiger partial charge on any atom is -0.495 e. The van der Waals surface area contributed by atoms with E-state index in [9.17, 15) is 13.2 Å². The monoisotopic (exact) mass is 433 g/mol. The highest BCUT2D eigenvalue weighted by Crippen LogP contribution is 2.27. The Morgan fingerprint density at radius 3 is 2.48 bits per heavy atom. The summed E-state index contributed by atoms with van der Waals surface area (Å²) in [6, 6.07) is 21.7. The first-order valence-corrected chi connectivity index (χ1v) is 10.9. The summed E-state index contributed by atoms with van der Waals surface area (Å²) in [7, 11) is -2.47. The molecule has 0 radical (unpaired) electrons. The van der Waals surface area contributed by atoms with Crippen molar-refractivity contribution in [3.05, 3.63) is 90.6 Å². The molecule has 31 heavy (non-hydrogen) atoms. The van der Waals surface area contributed by atoms with E-state index < -0.39 is 15.9 Å². The molecule has 0 aliphatic heterocycles. The number of para-hydroxylation sites is 3. The van der Waals surface area contributed by atoms with Crippen LogP contribution in [0.4, 0.5) is 11.4 Å². The third-order valence-corrected chi connectivity index (χ3v) is 6.00. The normalized spacial score (nSPS) is 11.1. The van der Waals surface area contributed by atoms with Crippen molar-refractivity contribution in [2.45, 2.75) is 4.90 Å². The minimum atomic E-state index is -3.93. The van der Waals surface area contributed by atoms with Gasteiger partial charge in [0, 0.05) is 17.1 Å². The summed E-state index contributed by atoms with van der Waals surface area (Å²) in [5.41, 5.74) is 1.71. The van der Waals surface area contributed by atoms with E-state index in [-0.39, 0.29) is 10.5 Å². The summed E-state index contributed by atoms with van der Waals surface area (Å²) in [5.74, 6) is -0.0454. The third-order valence-electron chi connectivity index (χ3n) is 4.64. The highest BCUT2D eigenvalue weighted by atomic mass is 32.2. The molecule has 0 unspecified atom stereocenters. The maximum absolute atomic E-state index is 12.9. The van der Waals surface area contributed by atoms with Gasteiger partial charge in [0.1, 0.15) is 5.75 Å². The number of hydrogen-bond acceptors (Lipinski definition) is 5. The average molecular weight is 433 g/mol. The lowest BCUT2D eigenvalue weighted by atomic mass is 10.1. The van der Waals surface area contributed by atoms with E-state index in [1.54, 1.807) is 42.6 Å². The van der Waals surface area contributed by atoms with Crippen molar-refractivity contribution < 1.29 is 17.9 Å². The molecule has 0 aliphatic rings. The number of carbonyl (C=O) groups excluding carboxylic acids is 1. The zero-order valence-electron chi connectivity index (χ0n) is 16.6. The first-order valence-electron chi connectivity index (χ1n) is 9.39. The zero-order valence-corrected chi connectivity index (χ0v) is 17.4. The molecule has 0 spiro atoms. The number of aromatic nitrogens is 1. The fraction of sp³-hybridized carbons (Fsp3) is 0.0435. The van der Waals surface area contributed by atoms with Crippen LogP contribution in [-0.2, 0) is 10.0 Å². The summed E-state index contributed by atoms with van der Waals surface area (Å²) in [4.78, 5) is 17.1. The second-order valence-electron chi connectivity index (χ2n) is 6.67. The summed E-state index contributed by atoms with van der Waals surface area (Å²) < 4.78 is 33.4. The molecule has 156 valence electrons. The number of hydrogen-bond donors (Lipinski definition) is 2. The molecule has 0 atom stereocenters. The summed E-state index contributed by atoms with van der Waals surface area (Å²) >= 11 is 0. The maximum Gasteiger partial charge on any atom is 0.262 e. The van der Waals surface area contributed by atoms with E-state index in [4.69, 9.17) is 4.74 Å². The molecule has 0 saturated heterocycles. The van der Waals surface area contributed by atoms with Crippen molar-refractivity contribution in [3.8, 4) is 5.75 Å². The van der Waals surface area contributed by atoms with Crippen molar-refractivity contribution >= 4 is 38.2 Å². The molecule has 3 aromatic carbocycles. The van der Waals surface area contributed by atoms with Gasteiger partial charge in [-0.15, -0.1) is 0 Å². The van der Waals surface area contributed by atoms with Gasteiger partial charge in [0.2, 0.25) is 0 Å². The Morgan fingerprint density at radius 1 is 0.903 bits per heavy atom. The Balaban J connectivity index is 1.61. The van der Waals surface area contributed by atoms with Crippen LogP contribution >= 0.6 is 0 Å². The second kappa shape index (κ2) is 8.45. The lowest BCUT2D eigenvalue weighted by Crippen LogP contribution is -2.16. The molecular formula is C23H19N3O4S. The van der Waals surface area contributed by atoms with Gasteiger partial charge >= 0.3 is 0 Å². The molecular weight excluding hydrogens is 414 g/mol. The van der Waals surface area contributed by atoms with E-state index >= 15 is 0 Å². The number of ether oxygens (including phenoxy) is 1. The predicted molar refractivity (Wildman–Crippen MR) is 120 cm³/mol. The van der Waals surface area contributed by atoms with Gasteiger partial charge in [0.25, 0.3) is 15.9 Å². The van der Waals surface area contributed by atoms with E-state index in [2.05, 4.69) is 15.0 Å². The summed E-state index contributed by atoms with van der Waals surface area (Å²) in [6.45, 7) is 0. The number of benzene rings is 3. The van der Waals surface area contributed by atoms with Gasteiger partial charge in [-0.05, 0) is 42.5 Å². The fourth-order valence-electron chi connectivity index (χ4n) is 3.14. The molecule has 1 aromatic heterocycles. The van der Waals surface area contributed by atoms with Crippen molar-refractivity contribution in [3.63, 3.8) is 0 Å². The van der Waals surface area contributed by atoms with Gasteiger partial charge in [-0.3, -0.25) is 14.5 Å². The van der Waals surface area contributed by atoms with Gasteiger partial charge in [-0.2, -0.15) is 0 Å². The van der Waals surface area contributed by atoms with Crippen molar-refractivity contribution in [2.24, 2.45) is 0 Å². The number of fused-ring (bicyclic) bond motifs is 1. The van der Waals surface area contributed by atoms with Crippen molar-refractivity contribution in [2.75, 3.05) is 17.1 Å². The summed E-state index contributed by atoms with van der Waals surface area (Å²) in [5, 5.41) is 3.70. The molecule has 1 heterocycles. The van der Waals surface area contributed by atoms with Gasteiger partial charge in [-0.1, -0.05) is 36.4 Å². The van der Waals surface area contributed by atoms with Gasteiger partial charge in [0.15, 0.2) is 0 Å². The molecule has 0 saturated carbocycles. The largest absolute Gasteiger partial charge is 0.495 e. The van der Waals surface area contributed by atoms with Crippen LogP contribution in [0.5, 0.6) is 5.75 Å².